The lowest BCUT2D eigenvalue weighted by molar-refractivity contribution is -0.138. The van der Waals surface area contributed by atoms with Crippen molar-refractivity contribution in [3.8, 4) is 0 Å². The average Bonchev–Trinajstić information content (AvgIpc) is 2.76. The van der Waals surface area contributed by atoms with Crippen molar-refractivity contribution in [3.63, 3.8) is 0 Å². The van der Waals surface area contributed by atoms with Gasteiger partial charge in [0.15, 0.2) is 0 Å². The van der Waals surface area contributed by atoms with Crippen LogP contribution in [0.3, 0.4) is 0 Å². The smallest absolute Gasteiger partial charge is 0.303 e. The fourth-order valence-electron chi connectivity index (χ4n) is 1.32. The van der Waals surface area contributed by atoms with Gasteiger partial charge in [0.1, 0.15) is 12.9 Å². The van der Waals surface area contributed by atoms with E-state index < -0.39 is 5.97 Å². The van der Waals surface area contributed by atoms with Gasteiger partial charge in [-0.15, -0.1) is 5.10 Å². The van der Waals surface area contributed by atoms with Crippen LogP contribution in [0.4, 0.5) is 0 Å². The fraction of sp³-hybridized carbons (Fsp3) is 0.667. The third kappa shape index (κ3) is 5.05. The summed E-state index contributed by atoms with van der Waals surface area (Å²) in [5, 5.41) is 21.7. The predicted molar refractivity (Wildman–Crippen MR) is 56.9 cm³/mol. The van der Waals surface area contributed by atoms with Gasteiger partial charge in [-0.2, -0.15) is 0 Å². The third-order valence-corrected chi connectivity index (χ3v) is 2.33. The maximum Gasteiger partial charge on any atom is 0.303 e. The minimum Gasteiger partial charge on any atom is -0.481 e. The van der Waals surface area contributed by atoms with E-state index in [9.17, 15) is 9.59 Å². The Kier molecular flexibility index (Phi) is 5.05. The van der Waals surface area contributed by atoms with Crippen LogP contribution in [-0.2, 0) is 16.1 Å². The largest absolute Gasteiger partial charge is 0.481 e. The highest BCUT2D eigenvalue weighted by atomic mass is 16.4. The van der Waals surface area contributed by atoms with Crippen molar-refractivity contribution in [1.29, 1.82) is 0 Å². The molecule has 0 saturated carbocycles. The summed E-state index contributed by atoms with van der Waals surface area (Å²) >= 11 is 0. The van der Waals surface area contributed by atoms with Crippen LogP contribution in [0.15, 0.2) is 6.33 Å². The highest BCUT2D eigenvalue weighted by Gasteiger charge is 2.12. The normalized spacial score (nSPS) is 12.1. The van der Waals surface area contributed by atoms with E-state index >= 15 is 0 Å². The maximum absolute atomic E-state index is 11.4. The zero-order valence-electron chi connectivity index (χ0n) is 9.54. The van der Waals surface area contributed by atoms with Gasteiger partial charge in [0.2, 0.25) is 5.91 Å². The molecule has 1 amide bonds. The molecule has 0 aliphatic rings. The summed E-state index contributed by atoms with van der Waals surface area (Å²) in [6.07, 6.45) is 2.10. The first kappa shape index (κ1) is 13.1. The number of hydrogen-bond acceptors (Lipinski definition) is 5. The summed E-state index contributed by atoms with van der Waals surface area (Å²) < 4.78 is 1.30. The number of rotatable bonds is 7. The first-order chi connectivity index (χ1) is 8.11. The fourth-order valence-corrected chi connectivity index (χ4v) is 1.32. The number of tetrazole rings is 1. The van der Waals surface area contributed by atoms with Gasteiger partial charge in [-0.25, -0.2) is 4.68 Å². The maximum atomic E-state index is 11.4. The van der Waals surface area contributed by atoms with Gasteiger partial charge in [0, 0.05) is 13.0 Å². The Morgan fingerprint density at radius 3 is 2.82 bits per heavy atom. The van der Waals surface area contributed by atoms with Gasteiger partial charge >= 0.3 is 5.97 Å². The molecular formula is C9H15N5O3. The molecule has 0 spiro atoms. The summed E-state index contributed by atoms with van der Waals surface area (Å²) in [5.74, 6) is -1.14. The molecule has 8 heteroatoms. The first-order valence-corrected chi connectivity index (χ1v) is 5.31. The number of nitrogens with zero attached hydrogens (tertiary/aromatic N) is 4. The van der Waals surface area contributed by atoms with Crippen molar-refractivity contribution < 1.29 is 14.7 Å². The Balaban J connectivity index is 2.29. The van der Waals surface area contributed by atoms with Gasteiger partial charge in [0.25, 0.3) is 0 Å². The van der Waals surface area contributed by atoms with Crippen molar-refractivity contribution in [1.82, 2.24) is 25.5 Å². The molecule has 8 nitrogen and oxygen atoms in total. The van der Waals surface area contributed by atoms with Crippen molar-refractivity contribution in [3.05, 3.63) is 6.33 Å². The van der Waals surface area contributed by atoms with Crippen LogP contribution in [0.1, 0.15) is 19.8 Å². The van der Waals surface area contributed by atoms with Crippen LogP contribution >= 0.6 is 0 Å². The van der Waals surface area contributed by atoms with Crippen LogP contribution in [0.2, 0.25) is 0 Å². The zero-order chi connectivity index (χ0) is 12.7. The molecule has 17 heavy (non-hydrogen) atoms. The average molecular weight is 241 g/mol. The molecule has 0 aromatic carbocycles. The minimum atomic E-state index is -0.855. The number of hydrogen-bond donors (Lipinski definition) is 2. The summed E-state index contributed by atoms with van der Waals surface area (Å²) in [5.41, 5.74) is 0. The molecule has 0 aliphatic carbocycles. The molecule has 1 atom stereocenters. The molecule has 0 fully saturated rings. The van der Waals surface area contributed by atoms with Gasteiger partial charge in [-0.05, 0) is 16.3 Å². The second-order valence-corrected chi connectivity index (χ2v) is 3.68. The number of carboxylic acids is 1. The molecular weight excluding hydrogens is 226 g/mol. The summed E-state index contributed by atoms with van der Waals surface area (Å²) in [6.45, 7) is 2.28. The molecule has 1 aromatic heterocycles. The zero-order valence-corrected chi connectivity index (χ0v) is 9.54. The van der Waals surface area contributed by atoms with Crippen LogP contribution < -0.4 is 5.32 Å². The molecule has 0 saturated heterocycles. The van der Waals surface area contributed by atoms with E-state index in [1.807, 2.05) is 6.92 Å². The highest BCUT2D eigenvalue weighted by Crippen LogP contribution is 2.06. The number of aromatic nitrogens is 4. The molecule has 0 bridgehead atoms. The lowest BCUT2D eigenvalue weighted by Gasteiger charge is -2.13. The van der Waals surface area contributed by atoms with Crippen LogP contribution in [0, 0.1) is 5.92 Å². The van der Waals surface area contributed by atoms with Gasteiger partial charge in [-0.3, -0.25) is 9.59 Å². The summed E-state index contributed by atoms with van der Waals surface area (Å²) in [7, 11) is 0. The van der Waals surface area contributed by atoms with Gasteiger partial charge in [-0.1, -0.05) is 13.3 Å². The Hall–Kier alpha value is -1.99. The number of aliphatic carboxylic acids is 1. The van der Waals surface area contributed by atoms with Crippen LogP contribution in [0.5, 0.6) is 0 Å². The Bertz CT molecular complexity index is 365. The molecule has 94 valence electrons. The number of amides is 1. The van der Waals surface area contributed by atoms with Gasteiger partial charge in [0.05, 0.1) is 0 Å². The molecule has 0 radical (unpaired) electrons. The topological polar surface area (TPSA) is 110 Å². The second-order valence-electron chi connectivity index (χ2n) is 3.68. The van der Waals surface area contributed by atoms with Crippen molar-refractivity contribution in [2.24, 2.45) is 5.92 Å². The minimum absolute atomic E-state index is 0.0382. The number of carbonyl (C=O) groups is 2. The number of carbonyl (C=O) groups excluding carboxylic acids is 1. The molecule has 1 aromatic rings. The summed E-state index contributed by atoms with van der Waals surface area (Å²) in [6, 6.07) is 0. The van der Waals surface area contributed by atoms with Crippen molar-refractivity contribution >= 4 is 11.9 Å². The number of nitrogens with one attached hydrogen (secondary N) is 1. The lowest BCUT2D eigenvalue weighted by atomic mass is 10.0. The second kappa shape index (κ2) is 6.56. The van der Waals surface area contributed by atoms with E-state index in [1.54, 1.807) is 0 Å². The van der Waals surface area contributed by atoms with Gasteiger partial charge < -0.3 is 10.4 Å². The first-order valence-electron chi connectivity index (χ1n) is 5.31. The Morgan fingerprint density at radius 1 is 1.53 bits per heavy atom. The van der Waals surface area contributed by atoms with Crippen molar-refractivity contribution in [2.75, 3.05) is 6.54 Å². The number of carboxylic acid groups (broad SMARTS) is 1. The Morgan fingerprint density at radius 2 is 2.29 bits per heavy atom. The molecule has 0 aliphatic heterocycles. The summed E-state index contributed by atoms with van der Waals surface area (Å²) in [4.78, 5) is 22.0. The van der Waals surface area contributed by atoms with Crippen LogP contribution in [-0.4, -0.2) is 43.7 Å². The van der Waals surface area contributed by atoms with E-state index in [1.165, 1.54) is 11.0 Å². The monoisotopic (exact) mass is 241 g/mol. The van der Waals surface area contributed by atoms with E-state index in [-0.39, 0.29) is 24.8 Å². The van der Waals surface area contributed by atoms with Crippen molar-refractivity contribution in [2.45, 2.75) is 26.3 Å². The highest BCUT2D eigenvalue weighted by molar-refractivity contribution is 5.75. The third-order valence-electron chi connectivity index (χ3n) is 2.33. The van der Waals surface area contributed by atoms with E-state index in [2.05, 4.69) is 20.8 Å². The SMILES string of the molecule is CCC(CNC(=O)Cn1cnnn1)CC(=O)O. The molecule has 1 heterocycles. The molecule has 2 N–H and O–H groups in total. The standard InChI is InChI=1S/C9H15N5O3/c1-2-7(3-9(16)17)4-10-8(15)5-14-6-11-12-13-14/h6-7H,2-5H2,1H3,(H,10,15)(H,16,17). The van der Waals surface area contributed by atoms with E-state index in [4.69, 9.17) is 5.11 Å². The Labute approximate surface area is 98.0 Å². The molecule has 1 unspecified atom stereocenters. The van der Waals surface area contributed by atoms with Crippen LogP contribution in [0.25, 0.3) is 0 Å². The van der Waals surface area contributed by atoms with E-state index in [0.29, 0.717) is 13.0 Å². The van der Waals surface area contributed by atoms with E-state index in [0.717, 1.165) is 0 Å². The molecule has 1 rings (SSSR count). The lowest BCUT2D eigenvalue weighted by Crippen LogP contribution is -2.32. The quantitative estimate of drug-likeness (QED) is 0.652. The predicted octanol–water partition coefficient (Wildman–Crippen LogP) is -0.710.